The molecule has 35 heavy (non-hydrogen) atoms. The summed E-state index contributed by atoms with van der Waals surface area (Å²) in [6, 6.07) is 12.0. The molecule has 0 heterocycles. The Morgan fingerprint density at radius 3 is 1.11 bits per heavy atom. The molecule has 197 valence electrons. The van der Waals surface area contributed by atoms with Gasteiger partial charge in [-0.1, -0.05) is 24.3 Å². The van der Waals surface area contributed by atoms with Crippen LogP contribution in [0.25, 0.3) is 0 Å². The number of carboxylic acids is 2. The van der Waals surface area contributed by atoms with Crippen LogP contribution in [0, 0.1) is 0 Å². The van der Waals surface area contributed by atoms with E-state index in [1.807, 2.05) is 0 Å². The number of hydrogen-bond acceptors (Lipinski definition) is 12. The fraction of sp³-hybridized carbons (Fsp3) is 0.364. The van der Waals surface area contributed by atoms with Gasteiger partial charge >= 0.3 is 17.1 Å². The smallest absolute Gasteiger partial charge is 0.545 e. The molecule has 0 aliphatic rings. The number of hydrogen-bond donors (Lipinski definition) is 8. The Balaban J connectivity index is -0.000000393. The van der Waals surface area contributed by atoms with Crippen molar-refractivity contribution in [2.24, 2.45) is 0 Å². The molecule has 0 atom stereocenters. The van der Waals surface area contributed by atoms with Crippen LogP contribution in [0.15, 0.2) is 48.5 Å². The second-order valence-electron chi connectivity index (χ2n) is 6.22. The van der Waals surface area contributed by atoms with E-state index in [0.29, 0.717) is 37.6 Å². The fourth-order valence-electron chi connectivity index (χ4n) is 1.90. The minimum Gasteiger partial charge on any atom is -0.545 e. The Hall–Kier alpha value is -2.74. The summed E-state index contributed by atoms with van der Waals surface area (Å²) in [6.45, 7) is 2.84. The van der Waals surface area contributed by atoms with Gasteiger partial charge in [0.15, 0.2) is 0 Å². The number of nitrogen functional groups attached to an aromatic ring is 2. The number of aromatic carboxylic acids is 2. The van der Waals surface area contributed by atoms with Crippen LogP contribution in [-0.4, -0.2) is 85.0 Å². The number of carboxylic acid groups (broad SMARTS) is 2. The number of nitrogens with one attached hydrogen (secondary N) is 2. The zero-order valence-electron chi connectivity index (χ0n) is 19.2. The number of benzene rings is 2. The molecule has 2 aromatic carbocycles. The molecule has 0 unspecified atom stereocenters. The zero-order valence-corrected chi connectivity index (χ0v) is 20.4. The van der Waals surface area contributed by atoms with E-state index in [1.165, 1.54) is 24.3 Å². The van der Waals surface area contributed by atoms with Crippen LogP contribution in [-0.2, 0) is 17.1 Å². The monoisotopic (exact) mass is 537 g/mol. The summed E-state index contributed by atoms with van der Waals surface area (Å²) >= 11 is 0. The molecule has 0 amide bonds. The van der Waals surface area contributed by atoms with Crippen LogP contribution >= 0.6 is 0 Å². The van der Waals surface area contributed by atoms with E-state index in [9.17, 15) is 19.8 Å². The molecule has 2 rings (SSSR count). The van der Waals surface area contributed by atoms with Gasteiger partial charge < -0.3 is 62.3 Å². The van der Waals surface area contributed by atoms with Crippen LogP contribution in [0.5, 0.6) is 0 Å². The van der Waals surface area contributed by atoms with Crippen molar-refractivity contribution in [3.8, 4) is 0 Å². The molecule has 0 saturated heterocycles. The molecule has 0 saturated carbocycles. The second kappa shape index (κ2) is 25.9. The summed E-state index contributed by atoms with van der Waals surface area (Å²) < 4.78 is 0. The standard InChI is InChI=1S/2C7H7NO2.2C4H11NO2.Mn/c2*8-6-3-1-2-5(4-6)7(9)10;2*6-3-1-5-2-4-7;/h2*1-4H,8H2,(H,9,10);2*5-7H,1-4H2;/q;;;;+2/p-2. The van der Waals surface area contributed by atoms with Crippen molar-refractivity contribution < 1.29 is 57.3 Å². The molecule has 0 aliphatic heterocycles. The van der Waals surface area contributed by atoms with Gasteiger partial charge in [-0.05, 0) is 35.4 Å². The number of aliphatic hydroxyl groups excluding tert-OH is 4. The van der Waals surface area contributed by atoms with Gasteiger partial charge in [-0.15, -0.1) is 0 Å². The van der Waals surface area contributed by atoms with Crippen molar-refractivity contribution in [2.45, 2.75) is 0 Å². The molecule has 0 fully saturated rings. The summed E-state index contributed by atoms with van der Waals surface area (Å²) in [6.07, 6.45) is 0. The van der Waals surface area contributed by atoms with E-state index in [-0.39, 0.29) is 54.6 Å². The molecule has 1 radical (unpaired) electrons. The Morgan fingerprint density at radius 2 is 0.943 bits per heavy atom. The van der Waals surface area contributed by atoms with Gasteiger partial charge in [0.05, 0.1) is 38.4 Å². The van der Waals surface area contributed by atoms with Crippen molar-refractivity contribution in [3.63, 3.8) is 0 Å². The molecule has 0 spiro atoms. The predicted molar refractivity (Wildman–Crippen MR) is 124 cm³/mol. The molecule has 13 heteroatoms. The van der Waals surface area contributed by atoms with Gasteiger partial charge in [-0.25, -0.2) is 0 Å². The van der Waals surface area contributed by atoms with E-state index < -0.39 is 11.9 Å². The molecule has 2 aromatic rings. The Bertz CT molecular complexity index is 726. The summed E-state index contributed by atoms with van der Waals surface area (Å²) in [5, 5.41) is 58.5. The average molecular weight is 537 g/mol. The Morgan fingerprint density at radius 1 is 0.657 bits per heavy atom. The molecular weight excluding hydrogens is 503 g/mol. The van der Waals surface area contributed by atoms with Crippen molar-refractivity contribution in [1.29, 1.82) is 0 Å². The van der Waals surface area contributed by atoms with Gasteiger partial charge in [-0.2, -0.15) is 0 Å². The first-order valence-electron chi connectivity index (χ1n) is 10.2. The van der Waals surface area contributed by atoms with Crippen molar-refractivity contribution in [3.05, 3.63) is 59.7 Å². The maximum atomic E-state index is 10.2. The SMILES string of the molecule is Nc1cccc(C(=O)[O-])c1.Nc1cccc(C(=O)[O-])c1.OCCNCCO.OCCNCCO.[Mn+2]. The molecule has 10 N–H and O–H groups in total. The number of anilines is 2. The van der Waals surface area contributed by atoms with Crippen LogP contribution in [0.2, 0.25) is 0 Å². The van der Waals surface area contributed by atoms with Crippen LogP contribution in [0.4, 0.5) is 11.4 Å². The summed E-state index contributed by atoms with van der Waals surface area (Å²) in [4.78, 5) is 20.4. The van der Waals surface area contributed by atoms with E-state index >= 15 is 0 Å². The van der Waals surface area contributed by atoms with E-state index in [4.69, 9.17) is 31.9 Å². The first-order chi connectivity index (χ1) is 16.2. The number of aliphatic hydroxyl groups is 4. The average Bonchev–Trinajstić information content (AvgIpc) is 2.81. The van der Waals surface area contributed by atoms with Crippen LogP contribution < -0.4 is 32.3 Å². The third-order valence-corrected chi connectivity index (χ3v) is 3.40. The third-order valence-electron chi connectivity index (χ3n) is 3.40. The summed E-state index contributed by atoms with van der Waals surface area (Å²) in [5.41, 5.74) is 11.7. The van der Waals surface area contributed by atoms with Gasteiger partial charge in [0, 0.05) is 37.6 Å². The largest absolute Gasteiger partial charge is 2.00 e. The van der Waals surface area contributed by atoms with Gasteiger partial charge in [0.1, 0.15) is 0 Å². The quantitative estimate of drug-likeness (QED) is 0.0833. The van der Waals surface area contributed by atoms with Crippen LogP contribution in [0.1, 0.15) is 20.7 Å². The molecule has 12 nitrogen and oxygen atoms in total. The molecule has 0 aliphatic carbocycles. The Kier molecular flexibility index (Phi) is 27.2. The topological polar surface area (TPSA) is 237 Å². The first-order valence-corrected chi connectivity index (χ1v) is 10.2. The number of carbonyl (C=O) groups excluding carboxylic acids is 2. The molecule has 0 bridgehead atoms. The third kappa shape index (κ3) is 24.2. The van der Waals surface area contributed by atoms with E-state index in [1.54, 1.807) is 24.3 Å². The number of carbonyl (C=O) groups is 2. The second-order valence-corrected chi connectivity index (χ2v) is 6.22. The zero-order chi connectivity index (χ0) is 26.2. The summed E-state index contributed by atoms with van der Waals surface area (Å²) in [7, 11) is 0. The summed E-state index contributed by atoms with van der Waals surface area (Å²) in [5.74, 6) is -2.40. The first kappa shape index (κ1) is 36.8. The fourth-order valence-corrected chi connectivity index (χ4v) is 1.90. The van der Waals surface area contributed by atoms with Gasteiger partial charge in [0.2, 0.25) is 0 Å². The molecule has 0 aromatic heterocycles. The van der Waals surface area contributed by atoms with E-state index in [2.05, 4.69) is 10.6 Å². The van der Waals surface area contributed by atoms with Crippen molar-refractivity contribution >= 4 is 23.3 Å². The van der Waals surface area contributed by atoms with Crippen LogP contribution in [0.3, 0.4) is 0 Å². The Labute approximate surface area is 215 Å². The van der Waals surface area contributed by atoms with Crippen molar-refractivity contribution in [2.75, 3.05) is 64.1 Å². The number of nitrogens with two attached hydrogens (primary N) is 2. The van der Waals surface area contributed by atoms with Crippen molar-refractivity contribution in [1.82, 2.24) is 10.6 Å². The number of rotatable bonds is 10. The maximum absolute atomic E-state index is 10.2. The normalized spacial score (nSPS) is 9.03. The maximum Gasteiger partial charge on any atom is 2.00 e. The predicted octanol–water partition coefficient (Wildman–Crippen LogP) is -3.62. The van der Waals surface area contributed by atoms with Gasteiger partial charge in [0.25, 0.3) is 0 Å². The minimum atomic E-state index is -1.20. The minimum absolute atomic E-state index is 0. The van der Waals surface area contributed by atoms with Gasteiger partial charge in [-0.3, -0.25) is 0 Å². The van der Waals surface area contributed by atoms with E-state index in [0.717, 1.165) is 0 Å². The molecular formula is C22H34MnN4O8.